The van der Waals surface area contributed by atoms with Gasteiger partial charge in [-0.2, -0.15) is 0 Å². The lowest BCUT2D eigenvalue weighted by molar-refractivity contribution is -0.145. The van der Waals surface area contributed by atoms with Crippen LogP contribution in [0.25, 0.3) is 6.08 Å². The van der Waals surface area contributed by atoms with Crippen molar-refractivity contribution in [3.63, 3.8) is 0 Å². The molecular weight excluding hydrogens is 417 g/mol. The smallest absolute Gasteiger partial charge is 0.411 e. The number of benzene rings is 1. The first kappa shape index (κ1) is 21.2. The van der Waals surface area contributed by atoms with E-state index in [1.165, 1.54) is 18.1 Å². The summed E-state index contributed by atoms with van der Waals surface area (Å²) in [5.74, 6) is -0.833. The van der Waals surface area contributed by atoms with Crippen LogP contribution in [0, 0.1) is 5.82 Å². The minimum Gasteiger partial charge on any atom is -0.467 e. The van der Waals surface area contributed by atoms with Gasteiger partial charge in [-0.15, -0.1) is 0 Å². The molecule has 1 aromatic rings. The lowest BCUT2D eigenvalue weighted by Gasteiger charge is -2.27. The van der Waals surface area contributed by atoms with E-state index in [2.05, 4.69) is 15.9 Å². The van der Waals surface area contributed by atoms with Crippen LogP contribution in [0.3, 0.4) is 0 Å². The Morgan fingerprint density at radius 3 is 2.63 bits per heavy atom. The van der Waals surface area contributed by atoms with E-state index in [1.54, 1.807) is 51.1 Å². The van der Waals surface area contributed by atoms with Gasteiger partial charge in [-0.25, -0.2) is 14.0 Å². The van der Waals surface area contributed by atoms with Gasteiger partial charge >= 0.3 is 12.1 Å². The van der Waals surface area contributed by atoms with E-state index >= 15 is 0 Å². The number of hydrogen-bond donors (Lipinski definition) is 0. The van der Waals surface area contributed by atoms with Crippen molar-refractivity contribution >= 4 is 34.1 Å². The predicted octanol–water partition coefficient (Wildman–Crippen LogP) is 4.71. The fourth-order valence-electron chi connectivity index (χ4n) is 2.66. The predicted molar refractivity (Wildman–Crippen MR) is 105 cm³/mol. The van der Waals surface area contributed by atoms with Crippen LogP contribution in [0.15, 0.2) is 40.4 Å². The van der Waals surface area contributed by atoms with Gasteiger partial charge in [-0.1, -0.05) is 40.2 Å². The van der Waals surface area contributed by atoms with Crippen LogP contribution in [0.2, 0.25) is 0 Å². The van der Waals surface area contributed by atoms with Crippen LogP contribution in [0.4, 0.5) is 9.18 Å². The molecule has 0 bridgehead atoms. The second-order valence-corrected chi connectivity index (χ2v) is 8.12. The number of rotatable bonds is 3. The van der Waals surface area contributed by atoms with Gasteiger partial charge < -0.3 is 9.47 Å². The summed E-state index contributed by atoms with van der Waals surface area (Å²) in [4.78, 5) is 25.8. The van der Waals surface area contributed by atoms with Gasteiger partial charge in [-0.05, 0) is 38.5 Å². The minimum atomic E-state index is -0.728. The lowest BCUT2D eigenvalue weighted by Crippen LogP contribution is -2.43. The molecule has 146 valence electrons. The number of ether oxygens (including phenoxy) is 2. The van der Waals surface area contributed by atoms with Crippen LogP contribution < -0.4 is 0 Å². The summed E-state index contributed by atoms with van der Waals surface area (Å²) in [7, 11) is 1.29. The highest BCUT2D eigenvalue weighted by Crippen LogP contribution is 2.26. The molecule has 0 radical (unpaired) electrons. The molecule has 1 fully saturated rings. The molecule has 1 aliphatic heterocycles. The zero-order valence-corrected chi connectivity index (χ0v) is 17.4. The summed E-state index contributed by atoms with van der Waals surface area (Å²) >= 11 is 3.22. The van der Waals surface area contributed by atoms with E-state index in [1.807, 2.05) is 0 Å². The van der Waals surface area contributed by atoms with Crippen LogP contribution >= 0.6 is 15.9 Å². The summed E-state index contributed by atoms with van der Waals surface area (Å²) in [6, 6.07) is 4.07. The third-order valence-corrected chi connectivity index (χ3v) is 4.37. The van der Waals surface area contributed by atoms with Crippen molar-refractivity contribution in [2.45, 2.75) is 38.8 Å². The molecule has 1 atom stereocenters. The second-order valence-electron chi connectivity index (χ2n) is 7.20. The third-order valence-electron chi connectivity index (χ3n) is 3.88. The molecule has 1 amide bonds. The highest BCUT2D eigenvalue weighted by Gasteiger charge is 2.39. The van der Waals surface area contributed by atoms with E-state index in [4.69, 9.17) is 9.47 Å². The van der Waals surface area contributed by atoms with Crippen molar-refractivity contribution in [2.24, 2.45) is 0 Å². The van der Waals surface area contributed by atoms with Gasteiger partial charge in [0.2, 0.25) is 0 Å². The van der Waals surface area contributed by atoms with Crippen molar-refractivity contribution in [2.75, 3.05) is 13.7 Å². The number of allylic oxidation sites excluding steroid dienone is 2. The second kappa shape index (κ2) is 8.69. The maximum atomic E-state index is 13.9. The van der Waals surface area contributed by atoms with Gasteiger partial charge in [0, 0.05) is 23.0 Å². The number of esters is 1. The van der Waals surface area contributed by atoms with Crippen LogP contribution in [-0.2, 0) is 14.3 Å². The standard InChI is InChI=1S/C20H23BrFNO4/c1-20(2,3)27-19(25)23-12-13(10-17(23)18(24)26-4)6-5-7-14-8-9-15(21)11-16(14)22/h5-9,11,17H,10,12H2,1-4H3/t17-/m0/s1. The first-order valence-corrected chi connectivity index (χ1v) is 9.28. The number of hydrogen-bond acceptors (Lipinski definition) is 4. The SMILES string of the molecule is COC(=O)[C@@H]1CC(=CC=Cc2ccc(Br)cc2F)CN1C(=O)OC(C)(C)C. The molecule has 0 saturated carbocycles. The molecule has 0 aliphatic carbocycles. The first-order valence-electron chi connectivity index (χ1n) is 8.49. The molecule has 0 N–H and O–H groups in total. The minimum absolute atomic E-state index is 0.252. The Balaban J connectivity index is 2.16. The Labute approximate surface area is 166 Å². The van der Waals surface area contributed by atoms with E-state index in [-0.39, 0.29) is 12.4 Å². The molecule has 0 spiro atoms. The molecule has 0 unspecified atom stereocenters. The Bertz CT molecular complexity index is 783. The van der Waals surface area contributed by atoms with E-state index < -0.39 is 23.7 Å². The summed E-state index contributed by atoms with van der Waals surface area (Å²) in [6.07, 6.45) is 4.90. The zero-order valence-electron chi connectivity index (χ0n) is 15.8. The molecule has 2 rings (SSSR count). The summed E-state index contributed by atoms with van der Waals surface area (Å²) < 4.78 is 24.7. The Morgan fingerprint density at radius 1 is 1.33 bits per heavy atom. The first-order chi connectivity index (χ1) is 12.6. The van der Waals surface area contributed by atoms with Crippen LogP contribution in [-0.4, -0.2) is 42.3 Å². The lowest BCUT2D eigenvalue weighted by atomic mass is 10.1. The van der Waals surface area contributed by atoms with Crippen LogP contribution in [0.1, 0.15) is 32.8 Å². The van der Waals surface area contributed by atoms with Crippen molar-refractivity contribution in [1.82, 2.24) is 4.90 Å². The van der Waals surface area contributed by atoms with Gasteiger partial charge in [0.1, 0.15) is 17.5 Å². The van der Waals surface area contributed by atoms with Gasteiger partial charge in [0.15, 0.2) is 0 Å². The fraction of sp³-hybridized carbons (Fsp3) is 0.400. The highest BCUT2D eigenvalue weighted by molar-refractivity contribution is 9.10. The molecule has 1 aromatic carbocycles. The number of amides is 1. The summed E-state index contributed by atoms with van der Waals surface area (Å²) in [6.45, 7) is 5.54. The molecule has 0 aromatic heterocycles. The molecule has 27 heavy (non-hydrogen) atoms. The highest BCUT2D eigenvalue weighted by atomic mass is 79.9. The monoisotopic (exact) mass is 439 g/mol. The number of carbonyl (C=O) groups excluding carboxylic acids is 2. The van der Waals surface area contributed by atoms with E-state index in [0.717, 1.165) is 5.57 Å². The molecule has 1 heterocycles. The van der Waals surface area contributed by atoms with Crippen molar-refractivity contribution in [3.05, 3.63) is 51.8 Å². The maximum Gasteiger partial charge on any atom is 0.411 e. The van der Waals surface area contributed by atoms with E-state index in [0.29, 0.717) is 16.5 Å². The van der Waals surface area contributed by atoms with Gasteiger partial charge in [-0.3, -0.25) is 4.90 Å². The topological polar surface area (TPSA) is 55.8 Å². The fourth-order valence-corrected chi connectivity index (χ4v) is 2.99. The Morgan fingerprint density at radius 2 is 2.04 bits per heavy atom. The quantitative estimate of drug-likeness (QED) is 0.639. The number of likely N-dealkylation sites (tertiary alicyclic amines) is 1. The summed E-state index contributed by atoms with van der Waals surface area (Å²) in [5, 5.41) is 0. The average Bonchev–Trinajstić information content (AvgIpc) is 2.99. The van der Waals surface area contributed by atoms with Crippen molar-refractivity contribution < 1.29 is 23.5 Å². The Kier molecular flexibility index (Phi) is 6.81. The van der Waals surface area contributed by atoms with Gasteiger partial charge in [0.05, 0.1) is 7.11 Å². The van der Waals surface area contributed by atoms with Crippen molar-refractivity contribution in [1.29, 1.82) is 0 Å². The van der Waals surface area contributed by atoms with E-state index in [9.17, 15) is 14.0 Å². The number of nitrogens with zero attached hydrogens (tertiary/aromatic N) is 1. The van der Waals surface area contributed by atoms with Gasteiger partial charge in [0.25, 0.3) is 0 Å². The number of methoxy groups -OCH3 is 1. The normalized spacial score (nSPS) is 19.0. The number of halogens is 2. The summed E-state index contributed by atoms with van der Waals surface area (Å²) in [5.41, 5.74) is 0.634. The maximum absolute atomic E-state index is 13.9. The molecule has 1 aliphatic rings. The zero-order chi connectivity index (χ0) is 20.2. The van der Waals surface area contributed by atoms with Crippen LogP contribution in [0.5, 0.6) is 0 Å². The van der Waals surface area contributed by atoms with Crippen molar-refractivity contribution in [3.8, 4) is 0 Å². The molecule has 5 nitrogen and oxygen atoms in total. The molecular formula is C20H23BrFNO4. The largest absolute Gasteiger partial charge is 0.467 e. The number of carbonyl (C=O) groups is 2. The molecule has 7 heteroatoms. The average molecular weight is 440 g/mol. The third kappa shape index (κ3) is 5.92. The molecule has 1 saturated heterocycles. The Hall–Kier alpha value is -2.15.